The van der Waals surface area contributed by atoms with Gasteiger partial charge in [-0.3, -0.25) is 0 Å². The van der Waals surface area contributed by atoms with Gasteiger partial charge < -0.3 is 10.2 Å². The van der Waals surface area contributed by atoms with Crippen molar-refractivity contribution in [2.45, 2.75) is 26.8 Å². The van der Waals surface area contributed by atoms with Gasteiger partial charge in [-0.25, -0.2) is 0 Å². The van der Waals surface area contributed by atoms with Crippen molar-refractivity contribution < 1.29 is 4.42 Å². The first kappa shape index (κ1) is 12.4. The van der Waals surface area contributed by atoms with E-state index in [0.29, 0.717) is 0 Å². The third kappa shape index (κ3) is 2.31. The summed E-state index contributed by atoms with van der Waals surface area (Å²) in [6.45, 7) is 6.04. The summed E-state index contributed by atoms with van der Waals surface area (Å²) < 4.78 is 6.73. The fraction of sp³-hybridized carbons (Fsp3) is 0.286. The fourth-order valence-corrected chi connectivity index (χ4v) is 2.33. The molecule has 0 aliphatic rings. The second-order valence-electron chi connectivity index (χ2n) is 4.34. The number of rotatable bonds is 2. The van der Waals surface area contributed by atoms with Crippen molar-refractivity contribution in [2.75, 3.05) is 0 Å². The van der Waals surface area contributed by atoms with Gasteiger partial charge >= 0.3 is 0 Å². The van der Waals surface area contributed by atoms with Gasteiger partial charge in [0.2, 0.25) is 0 Å². The monoisotopic (exact) mass is 293 g/mol. The number of hydrogen-bond acceptors (Lipinski definition) is 2. The van der Waals surface area contributed by atoms with E-state index in [1.54, 1.807) is 0 Å². The normalized spacial score (nSPS) is 12.8. The van der Waals surface area contributed by atoms with Gasteiger partial charge in [-0.1, -0.05) is 34.1 Å². The molecule has 2 N–H and O–H groups in total. The Morgan fingerprint density at radius 3 is 2.47 bits per heavy atom. The maximum Gasteiger partial charge on any atom is 0.125 e. The van der Waals surface area contributed by atoms with Gasteiger partial charge in [-0.15, -0.1) is 0 Å². The van der Waals surface area contributed by atoms with Crippen molar-refractivity contribution in [2.24, 2.45) is 5.73 Å². The molecule has 0 bridgehead atoms. The summed E-state index contributed by atoms with van der Waals surface area (Å²) in [5, 5.41) is 0. The predicted molar refractivity (Wildman–Crippen MR) is 73.1 cm³/mol. The van der Waals surface area contributed by atoms with Crippen molar-refractivity contribution in [3.8, 4) is 0 Å². The van der Waals surface area contributed by atoms with E-state index in [1.165, 1.54) is 5.56 Å². The molecule has 0 radical (unpaired) electrons. The van der Waals surface area contributed by atoms with Crippen molar-refractivity contribution in [1.82, 2.24) is 0 Å². The average molecular weight is 294 g/mol. The topological polar surface area (TPSA) is 39.2 Å². The number of benzene rings is 1. The SMILES string of the molecule is Cc1cc(C(N)c2cccc(C)c2Br)oc1C. The Bertz CT molecular complexity index is 526. The summed E-state index contributed by atoms with van der Waals surface area (Å²) in [6.07, 6.45) is 0. The summed E-state index contributed by atoms with van der Waals surface area (Å²) in [5.41, 5.74) is 9.62. The highest BCUT2D eigenvalue weighted by Crippen LogP contribution is 2.30. The lowest BCUT2D eigenvalue weighted by molar-refractivity contribution is 0.464. The van der Waals surface area contributed by atoms with Crippen molar-refractivity contribution in [3.05, 3.63) is 56.9 Å². The average Bonchev–Trinajstić information content (AvgIpc) is 2.62. The molecule has 1 unspecified atom stereocenters. The lowest BCUT2D eigenvalue weighted by Crippen LogP contribution is -2.12. The highest BCUT2D eigenvalue weighted by atomic mass is 79.9. The molecule has 0 saturated heterocycles. The lowest BCUT2D eigenvalue weighted by atomic mass is 10.0. The second kappa shape index (κ2) is 4.67. The number of aryl methyl sites for hydroxylation is 3. The Balaban J connectivity index is 2.43. The number of halogens is 1. The van der Waals surface area contributed by atoms with Gasteiger partial charge in [0.1, 0.15) is 11.5 Å². The largest absolute Gasteiger partial charge is 0.464 e. The molecule has 1 heterocycles. The molecule has 0 aliphatic heterocycles. The van der Waals surface area contributed by atoms with Gasteiger partial charge in [0.25, 0.3) is 0 Å². The zero-order valence-corrected chi connectivity index (χ0v) is 11.8. The van der Waals surface area contributed by atoms with Crippen LogP contribution in [-0.2, 0) is 0 Å². The van der Waals surface area contributed by atoms with Crippen LogP contribution in [0, 0.1) is 20.8 Å². The molecule has 0 fully saturated rings. The minimum Gasteiger partial charge on any atom is -0.464 e. The lowest BCUT2D eigenvalue weighted by Gasteiger charge is -2.12. The number of nitrogens with two attached hydrogens (primary N) is 1. The zero-order valence-electron chi connectivity index (χ0n) is 10.3. The van der Waals surface area contributed by atoms with Crippen LogP contribution in [-0.4, -0.2) is 0 Å². The maximum atomic E-state index is 6.24. The minimum atomic E-state index is -0.225. The molecule has 2 aromatic rings. The van der Waals surface area contributed by atoms with Crippen LogP contribution in [0.2, 0.25) is 0 Å². The Labute approximate surface area is 110 Å². The third-order valence-electron chi connectivity index (χ3n) is 3.05. The molecule has 2 rings (SSSR count). The van der Waals surface area contributed by atoms with Crippen LogP contribution in [0.5, 0.6) is 0 Å². The third-order valence-corrected chi connectivity index (χ3v) is 4.13. The van der Waals surface area contributed by atoms with Crippen molar-refractivity contribution in [1.29, 1.82) is 0 Å². The Hall–Kier alpha value is -1.06. The van der Waals surface area contributed by atoms with Crippen LogP contribution in [0.15, 0.2) is 33.2 Å². The molecule has 0 spiro atoms. The first-order chi connectivity index (χ1) is 8.00. The van der Waals surface area contributed by atoms with Gasteiger partial charge in [0.15, 0.2) is 0 Å². The molecule has 0 amide bonds. The van der Waals surface area contributed by atoms with Crippen LogP contribution in [0.1, 0.15) is 34.3 Å². The molecule has 1 aromatic carbocycles. The second-order valence-corrected chi connectivity index (χ2v) is 5.14. The van der Waals surface area contributed by atoms with Gasteiger partial charge in [-0.05, 0) is 43.5 Å². The van der Waals surface area contributed by atoms with E-state index in [2.05, 4.69) is 28.9 Å². The van der Waals surface area contributed by atoms with E-state index in [9.17, 15) is 0 Å². The minimum absolute atomic E-state index is 0.225. The zero-order chi connectivity index (χ0) is 12.6. The molecule has 0 aliphatic carbocycles. The molecule has 1 aromatic heterocycles. The summed E-state index contributed by atoms with van der Waals surface area (Å²) in [4.78, 5) is 0. The van der Waals surface area contributed by atoms with E-state index in [1.807, 2.05) is 32.0 Å². The standard InChI is InChI=1S/C14H16BrNO/c1-8-5-4-6-11(13(8)15)14(16)12-7-9(2)10(3)17-12/h4-7,14H,16H2,1-3H3. The first-order valence-electron chi connectivity index (χ1n) is 5.58. The maximum absolute atomic E-state index is 6.24. The van der Waals surface area contributed by atoms with E-state index in [0.717, 1.165) is 27.1 Å². The van der Waals surface area contributed by atoms with Crippen LogP contribution < -0.4 is 5.73 Å². The Morgan fingerprint density at radius 1 is 1.18 bits per heavy atom. The van der Waals surface area contributed by atoms with Gasteiger partial charge in [-0.2, -0.15) is 0 Å². The first-order valence-corrected chi connectivity index (χ1v) is 6.37. The van der Waals surface area contributed by atoms with E-state index < -0.39 is 0 Å². The Kier molecular flexibility index (Phi) is 3.40. The van der Waals surface area contributed by atoms with Crippen LogP contribution in [0.3, 0.4) is 0 Å². The predicted octanol–water partition coefficient (Wildman–Crippen LogP) is 4.02. The van der Waals surface area contributed by atoms with Crippen LogP contribution >= 0.6 is 15.9 Å². The Morgan fingerprint density at radius 2 is 1.88 bits per heavy atom. The summed E-state index contributed by atoms with van der Waals surface area (Å²) >= 11 is 3.58. The molecule has 0 saturated carbocycles. The smallest absolute Gasteiger partial charge is 0.125 e. The van der Waals surface area contributed by atoms with E-state index in [4.69, 9.17) is 10.2 Å². The molecule has 1 atom stereocenters. The van der Waals surface area contributed by atoms with Crippen LogP contribution in [0.25, 0.3) is 0 Å². The van der Waals surface area contributed by atoms with Crippen molar-refractivity contribution >= 4 is 15.9 Å². The molecular weight excluding hydrogens is 278 g/mol. The summed E-state index contributed by atoms with van der Waals surface area (Å²) in [7, 11) is 0. The fourth-order valence-electron chi connectivity index (χ4n) is 1.82. The van der Waals surface area contributed by atoms with Gasteiger partial charge in [0, 0.05) is 4.47 Å². The van der Waals surface area contributed by atoms with Crippen LogP contribution in [0.4, 0.5) is 0 Å². The van der Waals surface area contributed by atoms with Gasteiger partial charge in [0.05, 0.1) is 6.04 Å². The quantitative estimate of drug-likeness (QED) is 0.908. The summed E-state index contributed by atoms with van der Waals surface area (Å²) in [6, 6.07) is 7.87. The molecule has 90 valence electrons. The highest BCUT2D eigenvalue weighted by Gasteiger charge is 2.17. The van der Waals surface area contributed by atoms with Crippen molar-refractivity contribution in [3.63, 3.8) is 0 Å². The summed E-state index contributed by atoms with van der Waals surface area (Å²) in [5.74, 6) is 1.74. The molecule has 3 heteroatoms. The molecule has 2 nitrogen and oxygen atoms in total. The van der Waals surface area contributed by atoms with E-state index in [-0.39, 0.29) is 6.04 Å². The molecule has 17 heavy (non-hydrogen) atoms. The van der Waals surface area contributed by atoms with E-state index >= 15 is 0 Å². The molecular formula is C14H16BrNO. The number of hydrogen-bond donors (Lipinski definition) is 1. The number of furan rings is 1. The highest BCUT2D eigenvalue weighted by molar-refractivity contribution is 9.10.